The summed E-state index contributed by atoms with van der Waals surface area (Å²) >= 11 is 5.94. The van der Waals surface area contributed by atoms with E-state index in [1.165, 1.54) is 0 Å². The van der Waals surface area contributed by atoms with Gasteiger partial charge in [0.1, 0.15) is 11.6 Å². The van der Waals surface area contributed by atoms with Gasteiger partial charge in [-0.2, -0.15) is 0 Å². The topological polar surface area (TPSA) is 6.48 Å². The molecule has 0 amide bonds. The summed E-state index contributed by atoms with van der Waals surface area (Å²) in [6.07, 6.45) is 0. The zero-order chi connectivity index (χ0) is 14.3. The van der Waals surface area contributed by atoms with Crippen LogP contribution in [-0.4, -0.2) is 59.2 Å². The van der Waals surface area contributed by atoms with E-state index in [9.17, 15) is 0 Å². The molecule has 0 aliphatic heterocycles. The molecule has 2 unspecified atom stereocenters. The Hall–Kier alpha value is 2.64. The number of halogens is 7. The van der Waals surface area contributed by atoms with Gasteiger partial charge in [0, 0.05) is 0 Å². The average molecular weight is 496 g/mol. The molecule has 0 heterocycles. The molecule has 106 valence electrons. The van der Waals surface area contributed by atoms with Crippen molar-refractivity contribution < 1.29 is 0 Å². The van der Waals surface area contributed by atoms with E-state index in [0.29, 0.717) is 12.1 Å². The summed E-state index contributed by atoms with van der Waals surface area (Å²) in [7, 11) is 33.2. The van der Waals surface area contributed by atoms with E-state index >= 15 is 0 Å². The summed E-state index contributed by atoms with van der Waals surface area (Å²) in [5, 5.41) is 1.06. The molecule has 1 aliphatic rings. The van der Waals surface area contributed by atoms with Crippen LogP contribution in [-0.2, 0) is 0 Å². The Bertz CT molecular complexity index is 246. The molecule has 1 fully saturated rings. The van der Waals surface area contributed by atoms with Gasteiger partial charge in [0.2, 0.25) is 17.5 Å². The zero-order valence-electron chi connectivity index (χ0n) is 9.64. The van der Waals surface area contributed by atoms with Crippen LogP contribution in [0.25, 0.3) is 0 Å². The van der Waals surface area contributed by atoms with E-state index in [1.807, 2.05) is 0 Å². The summed E-state index contributed by atoms with van der Waals surface area (Å²) in [4.78, 5) is 4.29. The van der Waals surface area contributed by atoms with Gasteiger partial charge in [-0.15, -0.1) is 0 Å². The third kappa shape index (κ3) is 12.1. The van der Waals surface area contributed by atoms with E-state index in [1.54, 1.807) is 0 Å². The van der Waals surface area contributed by atoms with Crippen molar-refractivity contribution in [1.29, 1.82) is 0 Å². The van der Waals surface area contributed by atoms with Crippen molar-refractivity contribution in [2.45, 2.75) is 12.1 Å². The Balaban J connectivity index is 0.000000325. The van der Waals surface area contributed by atoms with Gasteiger partial charge in [-0.25, -0.2) is 0 Å². The fraction of sp³-hybridized carbons (Fsp3) is 0.857. The molecule has 0 aromatic carbocycles. The van der Waals surface area contributed by atoms with Crippen molar-refractivity contribution in [3.63, 3.8) is 0 Å². The average Bonchev–Trinajstić information content (AvgIpc) is 2.53. The molecule has 0 aromatic rings. The monoisotopic (exact) mass is 492 g/mol. The summed E-state index contributed by atoms with van der Waals surface area (Å²) in [6.45, 7) is 0. The molecule has 0 radical (unpaired) electrons. The first-order chi connectivity index (χ1) is 7.00. The molecule has 1 aliphatic carbocycles. The maximum atomic E-state index is 5.94. The Labute approximate surface area is 127 Å². The predicted octanol–water partition coefficient (Wildman–Crippen LogP) is 4.39. The molecule has 10 heteroatoms. The Morgan fingerprint density at radius 3 is 1.00 bits per heavy atom. The van der Waals surface area contributed by atoms with Crippen LogP contribution in [0.15, 0.2) is 0 Å². The number of rotatable bonds is 2. The second-order valence-corrected chi connectivity index (χ2v) is 61.5. The first-order valence-electron chi connectivity index (χ1n) is 4.42. The third-order valence-corrected chi connectivity index (χ3v) is 2.31. The minimum atomic E-state index is -5.42. The molecule has 0 N–H and O–H groups in total. The second kappa shape index (κ2) is 5.44. The minimum absolute atomic E-state index is 0.469. The SMILES string of the molecule is CN(C)C1[C+](Cl)C1N(C)C.[Cl][Sb-]([Cl])([Cl])([Cl])([Cl])[Cl]. The van der Waals surface area contributed by atoms with Gasteiger partial charge in [-0.05, 0) is 28.2 Å². The predicted molar refractivity (Wildman–Crippen MR) is 84.9 cm³/mol. The van der Waals surface area contributed by atoms with Crippen molar-refractivity contribution in [1.82, 2.24) is 9.80 Å². The summed E-state index contributed by atoms with van der Waals surface area (Å²) in [5.74, 6) is 0. The molecule has 0 aromatic heterocycles. The summed E-state index contributed by atoms with van der Waals surface area (Å²) < 4.78 is 0. The van der Waals surface area contributed by atoms with E-state index in [4.69, 9.17) is 64.6 Å². The van der Waals surface area contributed by atoms with Crippen molar-refractivity contribution >= 4 is 73.7 Å². The number of hydrogen-bond acceptors (Lipinski definition) is 2. The Morgan fingerprint density at radius 2 is 0.941 bits per heavy atom. The summed E-state index contributed by atoms with van der Waals surface area (Å²) in [6, 6.07) is 0.938. The quantitative estimate of drug-likeness (QED) is 0.414. The molecule has 0 bridgehead atoms. The van der Waals surface area contributed by atoms with Gasteiger partial charge in [0.05, 0.1) is 0 Å². The van der Waals surface area contributed by atoms with Gasteiger partial charge in [-0.3, -0.25) is 9.80 Å². The zero-order valence-corrected chi connectivity index (χ0v) is 17.5. The van der Waals surface area contributed by atoms with Crippen LogP contribution in [0.5, 0.6) is 0 Å². The molecule has 2 nitrogen and oxygen atoms in total. The molecule has 2 atom stereocenters. The van der Waals surface area contributed by atoms with E-state index in [2.05, 4.69) is 38.0 Å². The summed E-state index contributed by atoms with van der Waals surface area (Å²) in [5.41, 5.74) is 0. The van der Waals surface area contributed by atoms with Crippen molar-refractivity contribution in [3.05, 3.63) is 5.38 Å². The fourth-order valence-corrected chi connectivity index (χ4v) is 1.83. The van der Waals surface area contributed by atoms with Crippen LogP contribution < -0.4 is 0 Å². The molecular weight excluding hydrogens is 482 g/mol. The number of likely N-dealkylation sites (N-methyl/N-ethyl adjacent to an activating group) is 2. The third-order valence-electron chi connectivity index (χ3n) is 1.87. The van der Waals surface area contributed by atoms with Gasteiger partial charge in [0.25, 0.3) is 0 Å². The molecular formula is C7H14Cl7N2Sb. The van der Waals surface area contributed by atoms with Crippen molar-refractivity contribution in [3.8, 4) is 0 Å². The van der Waals surface area contributed by atoms with E-state index in [0.717, 1.165) is 5.38 Å². The number of hydrogen-bond donors (Lipinski definition) is 0. The normalized spacial score (nSPS) is 28.4. The number of nitrogens with zero attached hydrogens (tertiary/aromatic N) is 2. The Morgan fingerprint density at radius 1 is 0.765 bits per heavy atom. The molecule has 0 saturated heterocycles. The molecule has 17 heavy (non-hydrogen) atoms. The van der Waals surface area contributed by atoms with Crippen LogP contribution in [0.3, 0.4) is 0 Å². The van der Waals surface area contributed by atoms with Gasteiger partial charge in [0.15, 0.2) is 0 Å². The van der Waals surface area contributed by atoms with Crippen LogP contribution in [0.2, 0.25) is 0 Å². The Kier molecular flexibility index (Phi) is 6.29. The first kappa shape index (κ1) is 19.6. The van der Waals surface area contributed by atoms with Gasteiger partial charge >= 0.3 is 62.1 Å². The van der Waals surface area contributed by atoms with Crippen LogP contribution >= 0.6 is 64.6 Å². The van der Waals surface area contributed by atoms with Crippen LogP contribution in [0.4, 0.5) is 0 Å². The van der Waals surface area contributed by atoms with Crippen LogP contribution in [0, 0.1) is 5.38 Å². The van der Waals surface area contributed by atoms with E-state index < -0.39 is 9.14 Å². The van der Waals surface area contributed by atoms with Gasteiger partial charge < -0.3 is 0 Å². The molecule has 0 spiro atoms. The van der Waals surface area contributed by atoms with Crippen molar-refractivity contribution in [2.75, 3.05) is 28.2 Å². The fourth-order valence-electron chi connectivity index (χ4n) is 1.27. The maximum absolute atomic E-state index is 5.94. The van der Waals surface area contributed by atoms with Crippen molar-refractivity contribution in [2.24, 2.45) is 0 Å². The second-order valence-electron chi connectivity index (χ2n) is 4.16. The molecule has 1 saturated carbocycles. The van der Waals surface area contributed by atoms with E-state index in [-0.39, 0.29) is 0 Å². The standard InChI is InChI=1S/C7H14ClN2.6ClH.Sb/c1-9(2)6-5(8)7(6)10(3)4;;;;;;;/h6-7H,1-4H3;6*1H;/q+1;;;;;;;+5/p-6. The molecule has 1 rings (SSSR count). The van der Waals surface area contributed by atoms with Gasteiger partial charge in [-0.1, -0.05) is 0 Å². The van der Waals surface area contributed by atoms with Crippen LogP contribution in [0.1, 0.15) is 0 Å². The first-order valence-corrected chi connectivity index (χ1v) is 24.2.